The van der Waals surface area contributed by atoms with Gasteiger partial charge in [0.2, 0.25) is 0 Å². The number of hydrogen-bond donors (Lipinski definition) is 1. The summed E-state index contributed by atoms with van der Waals surface area (Å²) in [6.07, 6.45) is 1.80. The highest BCUT2D eigenvalue weighted by Crippen LogP contribution is 2.14. The number of aliphatic hydroxyl groups excluding tert-OH is 1. The van der Waals surface area contributed by atoms with E-state index in [0.717, 1.165) is 19.4 Å². The molecule has 1 N–H and O–H groups in total. The number of hydrogen-bond acceptors (Lipinski definition) is 2. The largest absolute Gasteiger partial charge is 0.390 e. The van der Waals surface area contributed by atoms with E-state index in [1.807, 2.05) is 13.8 Å². The van der Waals surface area contributed by atoms with Gasteiger partial charge in [0.1, 0.15) is 0 Å². The highest BCUT2D eigenvalue weighted by atomic mass is 16.5. The predicted molar refractivity (Wildman–Crippen MR) is 46.6 cm³/mol. The minimum Gasteiger partial charge on any atom is -0.390 e. The highest BCUT2D eigenvalue weighted by Gasteiger charge is 2.23. The zero-order valence-electron chi connectivity index (χ0n) is 8.05. The number of unbranched alkanes of at least 4 members (excludes halogenated alkanes) is 1. The Balaban J connectivity index is 3.55. The molecule has 0 aromatic carbocycles. The van der Waals surface area contributed by atoms with Gasteiger partial charge in [-0.2, -0.15) is 0 Å². The van der Waals surface area contributed by atoms with Gasteiger partial charge in [0.25, 0.3) is 0 Å². The summed E-state index contributed by atoms with van der Waals surface area (Å²) in [7, 11) is 0. The Bertz CT molecular complexity index is 97.7. The van der Waals surface area contributed by atoms with Crippen LogP contribution in [-0.2, 0) is 4.74 Å². The molecule has 0 aliphatic carbocycles. The fourth-order valence-corrected chi connectivity index (χ4v) is 0.600. The average Bonchev–Trinajstić information content (AvgIpc) is 1.88. The Hall–Kier alpha value is -0.0800. The fraction of sp³-hybridized carbons (Fsp3) is 1.00. The van der Waals surface area contributed by atoms with Crippen LogP contribution in [0.5, 0.6) is 0 Å². The van der Waals surface area contributed by atoms with Crippen molar-refractivity contribution in [3.05, 3.63) is 0 Å². The van der Waals surface area contributed by atoms with Crippen molar-refractivity contribution >= 4 is 0 Å². The molecular formula is C9H20O2. The van der Waals surface area contributed by atoms with E-state index in [1.54, 1.807) is 6.92 Å². The summed E-state index contributed by atoms with van der Waals surface area (Å²) >= 11 is 0. The summed E-state index contributed by atoms with van der Waals surface area (Å²) in [6.45, 7) is 8.44. The predicted octanol–water partition coefficient (Wildman–Crippen LogP) is 1.96. The Labute approximate surface area is 69.6 Å². The second-order valence-electron chi connectivity index (χ2n) is 3.48. The smallest absolute Gasteiger partial charge is 0.0881 e. The Morgan fingerprint density at radius 1 is 1.45 bits per heavy atom. The van der Waals surface area contributed by atoms with Crippen molar-refractivity contribution in [2.24, 2.45) is 0 Å². The molecule has 0 heterocycles. The molecule has 0 aliphatic heterocycles. The van der Waals surface area contributed by atoms with Crippen LogP contribution in [0.4, 0.5) is 0 Å². The van der Waals surface area contributed by atoms with Gasteiger partial charge in [-0.1, -0.05) is 13.3 Å². The standard InChI is InChI=1S/C9H20O2/c1-5-6-7-11-9(3,4)8(2)10/h8,10H,5-7H2,1-4H3. The third-order valence-electron chi connectivity index (χ3n) is 1.98. The molecule has 1 atom stereocenters. The molecule has 68 valence electrons. The Morgan fingerprint density at radius 3 is 2.36 bits per heavy atom. The quantitative estimate of drug-likeness (QED) is 0.623. The molecule has 0 radical (unpaired) electrons. The van der Waals surface area contributed by atoms with Crippen molar-refractivity contribution in [2.75, 3.05) is 6.61 Å². The second-order valence-corrected chi connectivity index (χ2v) is 3.48. The van der Waals surface area contributed by atoms with Crippen molar-refractivity contribution in [1.82, 2.24) is 0 Å². The maximum Gasteiger partial charge on any atom is 0.0881 e. The Morgan fingerprint density at radius 2 is 2.00 bits per heavy atom. The van der Waals surface area contributed by atoms with Crippen LogP contribution in [-0.4, -0.2) is 23.4 Å². The molecule has 0 saturated heterocycles. The van der Waals surface area contributed by atoms with Crippen LogP contribution < -0.4 is 0 Å². The zero-order chi connectivity index (χ0) is 8.91. The first kappa shape index (κ1) is 10.9. The molecule has 0 bridgehead atoms. The van der Waals surface area contributed by atoms with E-state index in [9.17, 15) is 5.11 Å². The van der Waals surface area contributed by atoms with Crippen molar-refractivity contribution in [2.45, 2.75) is 52.2 Å². The lowest BCUT2D eigenvalue weighted by atomic mass is 10.0. The van der Waals surface area contributed by atoms with Gasteiger partial charge in [0.15, 0.2) is 0 Å². The van der Waals surface area contributed by atoms with E-state index in [2.05, 4.69) is 6.92 Å². The summed E-state index contributed by atoms with van der Waals surface area (Å²) in [5.41, 5.74) is -0.394. The van der Waals surface area contributed by atoms with E-state index < -0.39 is 11.7 Å². The normalized spacial score (nSPS) is 15.0. The van der Waals surface area contributed by atoms with Crippen molar-refractivity contribution in [1.29, 1.82) is 0 Å². The van der Waals surface area contributed by atoms with E-state index in [-0.39, 0.29) is 0 Å². The molecule has 0 saturated carbocycles. The van der Waals surface area contributed by atoms with Crippen molar-refractivity contribution in [3.63, 3.8) is 0 Å². The van der Waals surface area contributed by atoms with Gasteiger partial charge in [-0.25, -0.2) is 0 Å². The number of aliphatic hydroxyl groups is 1. The summed E-state index contributed by atoms with van der Waals surface area (Å²) in [5, 5.41) is 9.25. The van der Waals surface area contributed by atoms with Gasteiger partial charge in [-0.05, 0) is 27.2 Å². The SMILES string of the molecule is CCCCOC(C)(C)C(C)O. The van der Waals surface area contributed by atoms with Gasteiger partial charge in [-0.3, -0.25) is 0 Å². The maximum atomic E-state index is 9.25. The molecular weight excluding hydrogens is 140 g/mol. The summed E-state index contributed by atoms with van der Waals surface area (Å²) in [4.78, 5) is 0. The van der Waals surface area contributed by atoms with Crippen LogP contribution in [0.2, 0.25) is 0 Å². The lowest BCUT2D eigenvalue weighted by Crippen LogP contribution is -2.37. The lowest BCUT2D eigenvalue weighted by Gasteiger charge is -2.28. The Kier molecular flexibility index (Phi) is 4.69. The van der Waals surface area contributed by atoms with Crippen LogP contribution in [0.1, 0.15) is 40.5 Å². The molecule has 0 fully saturated rings. The average molecular weight is 160 g/mol. The molecule has 0 aliphatic rings. The second kappa shape index (κ2) is 4.73. The van der Waals surface area contributed by atoms with Crippen LogP contribution in [0, 0.1) is 0 Å². The summed E-state index contributed by atoms with van der Waals surface area (Å²) in [5.74, 6) is 0. The molecule has 2 heteroatoms. The van der Waals surface area contributed by atoms with Gasteiger partial charge >= 0.3 is 0 Å². The monoisotopic (exact) mass is 160 g/mol. The first-order valence-electron chi connectivity index (χ1n) is 4.32. The van der Waals surface area contributed by atoms with Gasteiger partial charge < -0.3 is 9.84 Å². The zero-order valence-corrected chi connectivity index (χ0v) is 8.05. The fourth-order valence-electron chi connectivity index (χ4n) is 0.600. The molecule has 11 heavy (non-hydrogen) atoms. The van der Waals surface area contributed by atoms with Crippen LogP contribution >= 0.6 is 0 Å². The third-order valence-corrected chi connectivity index (χ3v) is 1.98. The highest BCUT2D eigenvalue weighted by molar-refractivity contribution is 4.74. The summed E-state index contributed by atoms with van der Waals surface area (Å²) < 4.78 is 5.48. The maximum absolute atomic E-state index is 9.25. The van der Waals surface area contributed by atoms with E-state index in [4.69, 9.17) is 4.74 Å². The van der Waals surface area contributed by atoms with Gasteiger partial charge in [0, 0.05) is 6.61 Å². The van der Waals surface area contributed by atoms with Crippen LogP contribution in [0.15, 0.2) is 0 Å². The lowest BCUT2D eigenvalue weighted by molar-refractivity contribution is -0.0937. The van der Waals surface area contributed by atoms with Gasteiger partial charge in [-0.15, -0.1) is 0 Å². The molecule has 0 rings (SSSR count). The van der Waals surface area contributed by atoms with Crippen LogP contribution in [0.25, 0.3) is 0 Å². The molecule has 0 amide bonds. The minimum atomic E-state index is -0.403. The molecule has 1 unspecified atom stereocenters. The molecule has 0 aromatic heterocycles. The third kappa shape index (κ3) is 4.38. The number of rotatable bonds is 5. The van der Waals surface area contributed by atoms with Crippen molar-refractivity contribution in [3.8, 4) is 0 Å². The van der Waals surface area contributed by atoms with Crippen LogP contribution in [0.3, 0.4) is 0 Å². The van der Waals surface area contributed by atoms with E-state index >= 15 is 0 Å². The topological polar surface area (TPSA) is 29.5 Å². The number of ether oxygens (including phenoxy) is 1. The molecule has 0 spiro atoms. The van der Waals surface area contributed by atoms with E-state index in [0.29, 0.717) is 0 Å². The minimum absolute atomic E-state index is 0.394. The molecule has 0 aromatic rings. The summed E-state index contributed by atoms with van der Waals surface area (Å²) in [6, 6.07) is 0. The van der Waals surface area contributed by atoms with E-state index in [1.165, 1.54) is 0 Å². The van der Waals surface area contributed by atoms with Crippen molar-refractivity contribution < 1.29 is 9.84 Å². The first-order valence-corrected chi connectivity index (χ1v) is 4.32. The van der Waals surface area contributed by atoms with Gasteiger partial charge in [0.05, 0.1) is 11.7 Å². The first-order chi connectivity index (χ1) is 5.00. The molecule has 2 nitrogen and oxygen atoms in total.